The molecule has 5 nitrogen and oxygen atoms in total. The van der Waals surface area contributed by atoms with Gasteiger partial charge in [-0.05, 0) is 45.1 Å². The van der Waals surface area contributed by atoms with Gasteiger partial charge in [0.25, 0.3) is 0 Å². The van der Waals surface area contributed by atoms with E-state index < -0.39 is 0 Å². The van der Waals surface area contributed by atoms with E-state index in [1.165, 1.54) is 38.8 Å². The van der Waals surface area contributed by atoms with Crippen LogP contribution < -0.4 is 5.32 Å². The van der Waals surface area contributed by atoms with Gasteiger partial charge < -0.3 is 19.9 Å². The fourth-order valence-electron chi connectivity index (χ4n) is 4.12. The normalized spacial score (nSPS) is 34.6. The first-order valence-corrected chi connectivity index (χ1v) is 9.08. The molecule has 0 radical (unpaired) electrons. The Morgan fingerprint density at radius 1 is 1.23 bits per heavy atom. The fraction of sp³-hybridized carbons (Fsp3) is 0.941. The average Bonchev–Trinajstić information content (AvgIpc) is 2.57. The summed E-state index contributed by atoms with van der Waals surface area (Å²) in [6.45, 7) is 8.65. The number of morpholine rings is 1. The van der Waals surface area contributed by atoms with Gasteiger partial charge in [-0.2, -0.15) is 0 Å². The fourth-order valence-corrected chi connectivity index (χ4v) is 4.12. The summed E-state index contributed by atoms with van der Waals surface area (Å²) in [5, 5.41) is 3.29. The Kier molecular flexibility index (Phi) is 5.71. The summed E-state index contributed by atoms with van der Waals surface area (Å²) in [5.41, 5.74) is 0. The van der Waals surface area contributed by atoms with Crippen molar-refractivity contribution in [3.8, 4) is 0 Å². The van der Waals surface area contributed by atoms with Crippen LogP contribution in [0.15, 0.2) is 0 Å². The van der Waals surface area contributed by atoms with Crippen molar-refractivity contribution in [3.63, 3.8) is 0 Å². The number of amides is 1. The molecule has 126 valence electrons. The van der Waals surface area contributed by atoms with E-state index in [4.69, 9.17) is 4.74 Å². The molecule has 3 rings (SSSR count). The van der Waals surface area contributed by atoms with Crippen LogP contribution in [0.2, 0.25) is 0 Å². The Balaban J connectivity index is 1.51. The van der Waals surface area contributed by atoms with E-state index in [0.29, 0.717) is 18.6 Å². The third-order valence-electron chi connectivity index (χ3n) is 5.48. The molecule has 3 heterocycles. The Labute approximate surface area is 134 Å². The number of piperidine rings is 2. The second kappa shape index (κ2) is 7.75. The molecule has 3 fully saturated rings. The van der Waals surface area contributed by atoms with E-state index in [1.807, 2.05) is 0 Å². The lowest BCUT2D eigenvalue weighted by atomic mass is 9.94. The van der Waals surface area contributed by atoms with Crippen LogP contribution in [0.1, 0.15) is 39.0 Å². The molecular weight excluding hydrogens is 278 g/mol. The molecule has 0 aromatic heterocycles. The summed E-state index contributed by atoms with van der Waals surface area (Å²) in [7, 11) is 0. The Morgan fingerprint density at radius 3 is 2.91 bits per heavy atom. The van der Waals surface area contributed by atoms with Crippen LogP contribution >= 0.6 is 0 Å². The summed E-state index contributed by atoms with van der Waals surface area (Å²) >= 11 is 0. The van der Waals surface area contributed by atoms with Gasteiger partial charge in [0.15, 0.2) is 0 Å². The number of ether oxygens (including phenoxy) is 1. The molecule has 0 spiro atoms. The molecule has 0 saturated carbocycles. The number of hydrogen-bond acceptors (Lipinski definition) is 4. The highest BCUT2D eigenvalue weighted by atomic mass is 16.5. The molecule has 0 aromatic carbocycles. The molecule has 3 aliphatic rings. The van der Waals surface area contributed by atoms with Crippen LogP contribution in [-0.4, -0.2) is 73.7 Å². The summed E-state index contributed by atoms with van der Waals surface area (Å²) in [6.07, 6.45) is 6.45. The maximum atomic E-state index is 12.6. The van der Waals surface area contributed by atoms with Gasteiger partial charge in [-0.25, -0.2) is 0 Å². The van der Waals surface area contributed by atoms with Crippen molar-refractivity contribution in [3.05, 3.63) is 0 Å². The predicted molar refractivity (Wildman–Crippen MR) is 86.8 cm³/mol. The maximum Gasteiger partial charge on any atom is 0.242 e. The van der Waals surface area contributed by atoms with Crippen molar-refractivity contribution >= 4 is 5.91 Å². The lowest BCUT2D eigenvalue weighted by molar-refractivity contribution is -0.138. The van der Waals surface area contributed by atoms with Crippen LogP contribution in [0.3, 0.4) is 0 Å². The average molecular weight is 309 g/mol. The molecule has 1 N–H and O–H groups in total. The summed E-state index contributed by atoms with van der Waals surface area (Å²) in [4.78, 5) is 17.3. The van der Waals surface area contributed by atoms with Gasteiger partial charge in [-0.3, -0.25) is 4.79 Å². The number of rotatable bonds is 3. The van der Waals surface area contributed by atoms with Gasteiger partial charge in [0, 0.05) is 32.2 Å². The van der Waals surface area contributed by atoms with Crippen LogP contribution in [0, 0.1) is 5.92 Å². The maximum absolute atomic E-state index is 12.6. The zero-order valence-electron chi connectivity index (χ0n) is 13.9. The predicted octanol–water partition coefficient (Wildman–Crippen LogP) is 1.09. The van der Waals surface area contributed by atoms with Crippen molar-refractivity contribution in [2.45, 2.75) is 51.1 Å². The molecule has 0 aliphatic carbocycles. The first-order chi connectivity index (χ1) is 10.7. The van der Waals surface area contributed by atoms with E-state index in [1.54, 1.807) is 0 Å². The highest BCUT2D eigenvalue weighted by Crippen LogP contribution is 2.23. The Hall–Kier alpha value is -0.650. The third-order valence-corrected chi connectivity index (χ3v) is 5.48. The lowest BCUT2D eigenvalue weighted by Gasteiger charge is -2.40. The quantitative estimate of drug-likeness (QED) is 0.847. The van der Waals surface area contributed by atoms with E-state index in [2.05, 4.69) is 22.0 Å². The molecule has 3 atom stereocenters. The third kappa shape index (κ3) is 4.00. The SMILES string of the molecule is CC1CCCCN1CC1CCCN(C(=O)C2COCCN2)C1. The second-order valence-corrected chi connectivity index (χ2v) is 7.21. The number of carbonyl (C=O) groups excluding carboxylic acids is 1. The standard InChI is InChI=1S/C17H31N3O2/c1-14-5-2-3-8-19(14)11-15-6-4-9-20(12-15)17(21)16-13-22-10-7-18-16/h14-16,18H,2-13H2,1H3. The number of hydrogen-bond donors (Lipinski definition) is 1. The monoisotopic (exact) mass is 309 g/mol. The van der Waals surface area contributed by atoms with Gasteiger partial charge in [0.1, 0.15) is 6.04 Å². The van der Waals surface area contributed by atoms with Gasteiger partial charge in [0.2, 0.25) is 5.91 Å². The molecule has 0 aromatic rings. The van der Waals surface area contributed by atoms with Gasteiger partial charge >= 0.3 is 0 Å². The minimum Gasteiger partial charge on any atom is -0.378 e. The van der Waals surface area contributed by atoms with E-state index >= 15 is 0 Å². The Bertz CT molecular complexity index is 371. The van der Waals surface area contributed by atoms with Crippen molar-refractivity contribution in [1.82, 2.24) is 15.1 Å². The first kappa shape index (κ1) is 16.2. The van der Waals surface area contributed by atoms with Crippen molar-refractivity contribution in [2.75, 3.05) is 45.9 Å². The van der Waals surface area contributed by atoms with Crippen molar-refractivity contribution < 1.29 is 9.53 Å². The van der Waals surface area contributed by atoms with E-state index in [9.17, 15) is 4.79 Å². The molecule has 3 aliphatic heterocycles. The molecule has 5 heteroatoms. The second-order valence-electron chi connectivity index (χ2n) is 7.21. The highest BCUT2D eigenvalue weighted by Gasteiger charge is 2.31. The van der Waals surface area contributed by atoms with Crippen LogP contribution in [0.5, 0.6) is 0 Å². The van der Waals surface area contributed by atoms with Crippen molar-refractivity contribution in [2.24, 2.45) is 5.92 Å². The molecular formula is C17H31N3O2. The van der Waals surface area contributed by atoms with Gasteiger partial charge in [-0.15, -0.1) is 0 Å². The van der Waals surface area contributed by atoms with Crippen LogP contribution in [-0.2, 0) is 9.53 Å². The van der Waals surface area contributed by atoms with Gasteiger partial charge in [0.05, 0.1) is 13.2 Å². The summed E-state index contributed by atoms with van der Waals surface area (Å²) in [5.74, 6) is 0.888. The summed E-state index contributed by atoms with van der Waals surface area (Å²) < 4.78 is 5.44. The molecule has 0 bridgehead atoms. The number of likely N-dealkylation sites (tertiary alicyclic amines) is 2. The molecule has 1 amide bonds. The highest BCUT2D eigenvalue weighted by molar-refractivity contribution is 5.82. The van der Waals surface area contributed by atoms with E-state index in [0.717, 1.165) is 32.7 Å². The first-order valence-electron chi connectivity index (χ1n) is 9.08. The summed E-state index contributed by atoms with van der Waals surface area (Å²) in [6, 6.07) is 0.592. The minimum atomic E-state index is -0.124. The number of carbonyl (C=O) groups is 1. The van der Waals surface area contributed by atoms with Crippen LogP contribution in [0.4, 0.5) is 0 Å². The van der Waals surface area contributed by atoms with Crippen LogP contribution in [0.25, 0.3) is 0 Å². The largest absolute Gasteiger partial charge is 0.378 e. The Morgan fingerprint density at radius 2 is 2.14 bits per heavy atom. The molecule has 3 unspecified atom stereocenters. The zero-order chi connectivity index (χ0) is 15.4. The smallest absolute Gasteiger partial charge is 0.242 e. The topological polar surface area (TPSA) is 44.8 Å². The number of nitrogens with one attached hydrogen (secondary N) is 1. The zero-order valence-corrected chi connectivity index (χ0v) is 13.9. The molecule has 22 heavy (non-hydrogen) atoms. The molecule has 3 saturated heterocycles. The van der Waals surface area contributed by atoms with E-state index in [-0.39, 0.29) is 11.9 Å². The van der Waals surface area contributed by atoms with Gasteiger partial charge in [-0.1, -0.05) is 6.42 Å². The number of nitrogens with zero attached hydrogens (tertiary/aromatic N) is 2. The van der Waals surface area contributed by atoms with Crippen molar-refractivity contribution in [1.29, 1.82) is 0 Å². The lowest BCUT2D eigenvalue weighted by Crippen LogP contribution is -2.55. The minimum absolute atomic E-state index is 0.124.